The first kappa shape index (κ1) is 20.6. The van der Waals surface area contributed by atoms with Gasteiger partial charge in [-0.05, 0) is 59.1 Å². The van der Waals surface area contributed by atoms with Gasteiger partial charge in [0.2, 0.25) is 0 Å². The summed E-state index contributed by atoms with van der Waals surface area (Å²) in [6, 6.07) is 10.5. The Kier molecular flexibility index (Phi) is 6.33. The molecule has 7 nitrogen and oxygen atoms in total. The lowest BCUT2D eigenvalue weighted by molar-refractivity contribution is -0.123. The molecule has 8 heteroatoms. The third-order valence-corrected chi connectivity index (χ3v) is 4.64. The maximum atomic E-state index is 11.9. The molecule has 1 fully saturated rings. The van der Waals surface area contributed by atoms with E-state index in [9.17, 15) is 14.4 Å². The molecule has 2 N–H and O–H groups in total. The van der Waals surface area contributed by atoms with Crippen LogP contribution in [0.25, 0.3) is 6.08 Å². The number of hydrogen-bond donors (Lipinski definition) is 2. The molecule has 0 bridgehead atoms. The number of amides is 4. The molecule has 0 saturated carbocycles. The Labute approximate surface area is 176 Å². The van der Waals surface area contributed by atoms with E-state index in [0.717, 1.165) is 11.1 Å². The smallest absolute Gasteiger partial charge is 0.328 e. The molecule has 0 spiro atoms. The van der Waals surface area contributed by atoms with Crippen molar-refractivity contribution in [3.8, 4) is 11.5 Å². The summed E-state index contributed by atoms with van der Waals surface area (Å²) in [5, 5.41) is 4.09. The van der Waals surface area contributed by atoms with E-state index in [1.165, 1.54) is 6.08 Å². The lowest BCUT2D eigenvalue weighted by atomic mass is 10.1. The van der Waals surface area contributed by atoms with Gasteiger partial charge in [-0.25, -0.2) is 4.79 Å². The van der Waals surface area contributed by atoms with Crippen LogP contribution in [0.1, 0.15) is 23.6 Å². The van der Waals surface area contributed by atoms with Crippen molar-refractivity contribution in [2.45, 2.75) is 20.5 Å². The summed E-state index contributed by atoms with van der Waals surface area (Å²) in [5.41, 5.74) is 2.52. The van der Waals surface area contributed by atoms with Gasteiger partial charge in [-0.1, -0.05) is 29.8 Å². The zero-order chi connectivity index (χ0) is 21.0. The van der Waals surface area contributed by atoms with Crippen LogP contribution in [0.5, 0.6) is 11.5 Å². The lowest BCUT2D eigenvalue weighted by Crippen LogP contribution is -2.51. The first-order valence-corrected chi connectivity index (χ1v) is 9.69. The highest BCUT2D eigenvalue weighted by molar-refractivity contribution is 9.10. The number of rotatable bonds is 6. The van der Waals surface area contributed by atoms with Crippen molar-refractivity contribution in [3.05, 3.63) is 63.1 Å². The molecule has 0 radical (unpaired) electrons. The minimum Gasteiger partial charge on any atom is -0.490 e. The molecule has 1 heterocycles. The van der Waals surface area contributed by atoms with Crippen LogP contribution in [0.3, 0.4) is 0 Å². The van der Waals surface area contributed by atoms with E-state index < -0.39 is 17.8 Å². The van der Waals surface area contributed by atoms with E-state index in [2.05, 4.69) is 15.9 Å². The lowest BCUT2D eigenvalue weighted by Gasteiger charge is -2.16. The summed E-state index contributed by atoms with van der Waals surface area (Å²) in [7, 11) is 0. The Morgan fingerprint density at radius 1 is 1.03 bits per heavy atom. The monoisotopic (exact) mass is 458 g/mol. The molecule has 1 aliphatic rings. The molecular weight excluding hydrogens is 440 g/mol. The fourth-order valence-corrected chi connectivity index (χ4v) is 3.38. The predicted octanol–water partition coefficient (Wildman–Crippen LogP) is 3.48. The second-order valence-electron chi connectivity index (χ2n) is 6.34. The molecule has 1 saturated heterocycles. The van der Waals surface area contributed by atoms with Gasteiger partial charge in [0.25, 0.3) is 11.8 Å². The molecular formula is C21H19BrN2O5. The molecule has 0 aliphatic carbocycles. The molecule has 29 heavy (non-hydrogen) atoms. The van der Waals surface area contributed by atoms with E-state index >= 15 is 0 Å². The van der Waals surface area contributed by atoms with E-state index in [-0.39, 0.29) is 5.57 Å². The molecule has 0 unspecified atom stereocenters. The fourth-order valence-electron chi connectivity index (χ4n) is 2.80. The van der Waals surface area contributed by atoms with Crippen LogP contribution in [0.15, 0.2) is 46.4 Å². The number of hydrogen-bond acceptors (Lipinski definition) is 5. The molecule has 1 aliphatic heterocycles. The molecule has 3 rings (SSSR count). The first-order valence-electron chi connectivity index (χ1n) is 8.90. The number of imide groups is 2. The topological polar surface area (TPSA) is 93.7 Å². The van der Waals surface area contributed by atoms with Crippen molar-refractivity contribution in [2.24, 2.45) is 0 Å². The number of nitrogens with one attached hydrogen (secondary N) is 2. The van der Waals surface area contributed by atoms with Crippen LogP contribution >= 0.6 is 15.9 Å². The quantitative estimate of drug-likeness (QED) is 0.510. The van der Waals surface area contributed by atoms with Gasteiger partial charge < -0.3 is 9.47 Å². The van der Waals surface area contributed by atoms with Gasteiger partial charge in [0.05, 0.1) is 11.1 Å². The maximum absolute atomic E-state index is 11.9. The number of ether oxygens (including phenoxy) is 2. The number of halogens is 1. The zero-order valence-corrected chi connectivity index (χ0v) is 17.5. The van der Waals surface area contributed by atoms with Gasteiger partial charge in [0.15, 0.2) is 11.5 Å². The van der Waals surface area contributed by atoms with Crippen molar-refractivity contribution in [2.75, 3.05) is 6.61 Å². The van der Waals surface area contributed by atoms with Gasteiger partial charge in [-0.15, -0.1) is 0 Å². The third kappa shape index (κ3) is 5.03. The molecule has 0 atom stereocenters. The minimum atomic E-state index is -0.840. The largest absolute Gasteiger partial charge is 0.490 e. The van der Waals surface area contributed by atoms with Crippen LogP contribution < -0.4 is 20.1 Å². The maximum Gasteiger partial charge on any atom is 0.328 e. The number of urea groups is 1. The van der Waals surface area contributed by atoms with E-state index in [1.54, 1.807) is 12.1 Å². The Balaban J connectivity index is 1.90. The Morgan fingerprint density at radius 2 is 1.76 bits per heavy atom. The standard InChI is InChI=1S/C21H19BrN2O5/c1-3-28-17-10-14(8-15-19(25)23-21(27)24-20(15)26)9-16(22)18(17)29-11-13-6-4-5-12(2)7-13/h4-10H,3,11H2,1-2H3,(H2,23,24,25,26,27). The van der Waals surface area contributed by atoms with Gasteiger partial charge in [-0.2, -0.15) is 0 Å². The number of carbonyl (C=O) groups excluding carboxylic acids is 3. The molecule has 0 aromatic heterocycles. The van der Waals surface area contributed by atoms with E-state index in [4.69, 9.17) is 9.47 Å². The van der Waals surface area contributed by atoms with Crippen LogP contribution in [-0.4, -0.2) is 24.5 Å². The Morgan fingerprint density at radius 3 is 2.41 bits per heavy atom. The number of benzene rings is 2. The summed E-state index contributed by atoms with van der Waals surface area (Å²) < 4.78 is 12.3. The summed E-state index contributed by atoms with van der Waals surface area (Å²) >= 11 is 3.47. The van der Waals surface area contributed by atoms with Crippen LogP contribution in [-0.2, 0) is 16.2 Å². The molecule has 2 aromatic carbocycles. The Bertz CT molecular complexity index is 994. The van der Waals surface area contributed by atoms with Crippen LogP contribution in [0, 0.1) is 6.92 Å². The average molecular weight is 459 g/mol. The van der Waals surface area contributed by atoms with Gasteiger partial charge in [-0.3, -0.25) is 20.2 Å². The van der Waals surface area contributed by atoms with Gasteiger partial charge >= 0.3 is 6.03 Å². The van der Waals surface area contributed by atoms with Crippen molar-refractivity contribution < 1.29 is 23.9 Å². The molecule has 150 valence electrons. The van der Waals surface area contributed by atoms with Crippen LogP contribution in [0.2, 0.25) is 0 Å². The Hall–Kier alpha value is -3.13. The zero-order valence-electron chi connectivity index (χ0n) is 15.9. The summed E-state index contributed by atoms with van der Waals surface area (Å²) in [4.78, 5) is 35.1. The second-order valence-corrected chi connectivity index (χ2v) is 7.19. The average Bonchev–Trinajstić information content (AvgIpc) is 2.64. The van der Waals surface area contributed by atoms with Crippen molar-refractivity contribution in [3.63, 3.8) is 0 Å². The first-order chi connectivity index (χ1) is 13.9. The highest BCUT2D eigenvalue weighted by Crippen LogP contribution is 2.38. The fraction of sp³-hybridized carbons (Fsp3) is 0.190. The number of aryl methyl sites for hydroxylation is 1. The second kappa shape index (κ2) is 8.91. The SMILES string of the molecule is CCOc1cc(C=C2C(=O)NC(=O)NC2=O)cc(Br)c1OCc1cccc(C)c1. The number of carbonyl (C=O) groups is 3. The van der Waals surface area contributed by atoms with Gasteiger partial charge in [0.1, 0.15) is 12.2 Å². The van der Waals surface area contributed by atoms with E-state index in [0.29, 0.717) is 34.7 Å². The minimum absolute atomic E-state index is 0.174. The van der Waals surface area contributed by atoms with Crippen LogP contribution in [0.4, 0.5) is 4.79 Å². The molecule has 4 amide bonds. The molecule has 2 aromatic rings. The normalized spacial score (nSPS) is 13.6. The van der Waals surface area contributed by atoms with Gasteiger partial charge in [0, 0.05) is 0 Å². The summed E-state index contributed by atoms with van der Waals surface area (Å²) in [5.74, 6) is -0.530. The summed E-state index contributed by atoms with van der Waals surface area (Å²) in [6.07, 6.45) is 1.38. The van der Waals surface area contributed by atoms with Crippen molar-refractivity contribution in [1.82, 2.24) is 10.6 Å². The highest BCUT2D eigenvalue weighted by Gasteiger charge is 2.28. The highest BCUT2D eigenvalue weighted by atomic mass is 79.9. The summed E-state index contributed by atoms with van der Waals surface area (Å²) in [6.45, 7) is 4.62. The van der Waals surface area contributed by atoms with E-state index in [1.807, 2.05) is 48.7 Å². The predicted molar refractivity (Wildman–Crippen MR) is 110 cm³/mol. The van der Waals surface area contributed by atoms with Crippen molar-refractivity contribution >= 4 is 39.9 Å². The third-order valence-electron chi connectivity index (χ3n) is 4.05. The number of barbiturate groups is 1. The van der Waals surface area contributed by atoms with Crippen molar-refractivity contribution in [1.29, 1.82) is 0 Å².